The fraction of sp³-hybridized carbons (Fsp3) is 0.200. The summed E-state index contributed by atoms with van der Waals surface area (Å²) in [4.78, 5) is 24.0. The van der Waals surface area contributed by atoms with Crippen LogP contribution >= 0.6 is 11.3 Å². The average Bonchev–Trinajstić information content (AvgIpc) is 2.97. The van der Waals surface area contributed by atoms with Gasteiger partial charge in [-0.15, -0.1) is 11.3 Å². The van der Waals surface area contributed by atoms with E-state index in [2.05, 4.69) is 0 Å². The summed E-state index contributed by atoms with van der Waals surface area (Å²) < 4.78 is 0. The number of rotatable bonds is 7. The summed E-state index contributed by atoms with van der Waals surface area (Å²) >= 11 is 1.47. The highest BCUT2D eigenvalue weighted by molar-refractivity contribution is 7.10. The lowest BCUT2D eigenvalue weighted by Crippen LogP contribution is -2.26. The predicted octanol–water partition coefficient (Wildman–Crippen LogP) is 1.74. The molecule has 7 heteroatoms. The number of carboxylic acids is 1. The Hall–Kier alpha value is -1.96. The van der Waals surface area contributed by atoms with Crippen LogP contribution < -0.4 is 0 Å². The van der Waals surface area contributed by atoms with Gasteiger partial charge in [0.25, 0.3) is 0 Å². The van der Waals surface area contributed by atoms with Gasteiger partial charge >= 0.3 is 13.1 Å². The highest BCUT2D eigenvalue weighted by atomic mass is 32.1. The topological polar surface area (TPSA) is 94.8 Å². The van der Waals surface area contributed by atoms with E-state index in [1.807, 2.05) is 17.5 Å². The molecule has 0 fully saturated rings. The smallest absolute Gasteiger partial charge is 0.459 e. The Morgan fingerprint density at radius 1 is 1.18 bits per heavy atom. The van der Waals surface area contributed by atoms with Crippen LogP contribution in [0, 0.1) is 0 Å². The Labute approximate surface area is 132 Å². The van der Waals surface area contributed by atoms with Gasteiger partial charge in [-0.2, -0.15) is 0 Å². The van der Waals surface area contributed by atoms with Crippen LogP contribution in [0.4, 0.5) is 0 Å². The minimum absolute atomic E-state index is 0.0499. The van der Waals surface area contributed by atoms with Crippen LogP contribution in [0.1, 0.15) is 33.0 Å². The minimum atomic E-state index is -1.73. The van der Waals surface area contributed by atoms with Crippen LogP contribution in [0.3, 0.4) is 0 Å². The number of carboxylic acid groups (broad SMARTS) is 1. The molecule has 5 nitrogen and oxygen atoms in total. The second kappa shape index (κ2) is 7.35. The molecule has 1 heterocycles. The zero-order valence-corrected chi connectivity index (χ0v) is 12.5. The summed E-state index contributed by atoms with van der Waals surface area (Å²) in [5.74, 6) is -2.06. The third kappa shape index (κ3) is 4.27. The lowest BCUT2D eigenvalue weighted by molar-refractivity contribution is -0.118. The van der Waals surface area contributed by atoms with Gasteiger partial charge in [-0.3, -0.25) is 4.79 Å². The molecule has 22 heavy (non-hydrogen) atoms. The van der Waals surface area contributed by atoms with Crippen LogP contribution in [0.25, 0.3) is 0 Å². The molecule has 1 unspecified atom stereocenters. The van der Waals surface area contributed by atoms with E-state index in [4.69, 9.17) is 5.11 Å². The molecular formula is C15H15BO5S. The summed E-state index contributed by atoms with van der Waals surface area (Å²) in [6, 6.07) is 9.60. The normalized spacial score (nSPS) is 11.9. The van der Waals surface area contributed by atoms with E-state index in [-0.39, 0.29) is 24.2 Å². The van der Waals surface area contributed by atoms with Crippen LogP contribution in [-0.4, -0.2) is 34.0 Å². The number of carbonyl (C=O) groups excluding carboxylic acids is 1. The molecule has 0 aliphatic carbocycles. The molecule has 114 valence electrons. The van der Waals surface area contributed by atoms with Crippen molar-refractivity contribution in [2.24, 2.45) is 0 Å². The summed E-state index contributed by atoms with van der Waals surface area (Å²) in [7, 11) is -1.73. The van der Waals surface area contributed by atoms with Gasteiger partial charge in [0.15, 0.2) is 0 Å². The van der Waals surface area contributed by atoms with Gasteiger partial charge in [-0.1, -0.05) is 18.2 Å². The van der Waals surface area contributed by atoms with Gasteiger partial charge in [0.2, 0.25) is 0 Å². The Morgan fingerprint density at radius 3 is 2.55 bits per heavy atom. The van der Waals surface area contributed by atoms with Crippen molar-refractivity contribution in [2.45, 2.75) is 18.7 Å². The first-order chi connectivity index (χ1) is 10.5. The largest absolute Gasteiger partial charge is 0.478 e. The molecule has 0 saturated heterocycles. The fourth-order valence-electron chi connectivity index (χ4n) is 2.22. The first-order valence-corrected chi connectivity index (χ1v) is 7.59. The Bertz CT molecular complexity index is 654. The van der Waals surface area contributed by atoms with E-state index >= 15 is 0 Å². The molecule has 0 spiro atoms. The predicted molar refractivity (Wildman–Crippen MR) is 84.0 cm³/mol. The molecule has 0 bridgehead atoms. The van der Waals surface area contributed by atoms with Crippen molar-refractivity contribution in [3.63, 3.8) is 0 Å². The summed E-state index contributed by atoms with van der Waals surface area (Å²) in [6.07, 6.45) is 0.179. The molecule has 3 N–H and O–H groups in total. The van der Waals surface area contributed by atoms with Crippen LogP contribution in [-0.2, 0) is 11.2 Å². The summed E-state index contributed by atoms with van der Waals surface area (Å²) in [6.45, 7) is 0. The first-order valence-electron chi connectivity index (χ1n) is 6.71. The van der Waals surface area contributed by atoms with Crippen molar-refractivity contribution in [3.8, 4) is 0 Å². The maximum absolute atomic E-state index is 12.1. The van der Waals surface area contributed by atoms with Crippen molar-refractivity contribution in [3.05, 3.63) is 57.8 Å². The Morgan fingerprint density at radius 2 is 1.95 bits per heavy atom. The maximum Gasteiger partial charge on any atom is 0.459 e. The standard InChI is InChI=1S/C15H15BO5S/c17-12(8-13-5-2-6-22-13)9-14(16(20)21)10-3-1-4-11(7-10)15(18)19/h1-7,14,20-21H,8-9H2,(H,18,19). The van der Waals surface area contributed by atoms with E-state index in [1.54, 1.807) is 6.07 Å². The third-order valence-corrected chi connectivity index (χ3v) is 4.20. The molecule has 0 aliphatic rings. The van der Waals surface area contributed by atoms with Crippen LogP contribution in [0.5, 0.6) is 0 Å². The maximum atomic E-state index is 12.1. The number of carbonyl (C=O) groups is 2. The van der Waals surface area contributed by atoms with E-state index in [0.29, 0.717) is 5.56 Å². The first kappa shape index (κ1) is 16.4. The molecule has 0 aliphatic heterocycles. The van der Waals surface area contributed by atoms with Crippen LogP contribution in [0.15, 0.2) is 41.8 Å². The lowest BCUT2D eigenvalue weighted by Gasteiger charge is -2.16. The highest BCUT2D eigenvalue weighted by Crippen LogP contribution is 2.24. The van der Waals surface area contributed by atoms with Crippen molar-refractivity contribution >= 4 is 30.2 Å². The highest BCUT2D eigenvalue weighted by Gasteiger charge is 2.28. The van der Waals surface area contributed by atoms with Crippen molar-refractivity contribution in [1.29, 1.82) is 0 Å². The number of aromatic carboxylic acids is 1. The summed E-state index contributed by atoms with van der Waals surface area (Å²) in [5, 5.41) is 29.9. The number of hydrogen-bond acceptors (Lipinski definition) is 5. The van der Waals surface area contributed by atoms with Gasteiger partial charge in [-0.25, -0.2) is 4.79 Å². The van der Waals surface area contributed by atoms with Crippen molar-refractivity contribution in [2.75, 3.05) is 0 Å². The van der Waals surface area contributed by atoms with Gasteiger partial charge in [0, 0.05) is 23.5 Å². The number of hydrogen-bond donors (Lipinski definition) is 3. The quantitative estimate of drug-likeness (QED) is 0.676. The monoisotopic (exact) mass is 318 g/mol. The zero-order chi connectivity index (χ0) is 16.1. The minimum Gasteiger partial charge on any atom is -0.478 e. The zero-order valence-electron chi connectivity index (χ0n) is 11.7. The van der Waals surface area contributed by atoms with E-state index in [9.17, 15) is 19.6 Å². The van der Waals surface area contributed by atoms with Gasteiger partial charge in [-0.05, 0) is 29.1 Å². The van der Waals surface area contributed by atoms with Gasteiger partial charge in [0.1, 0.15) is 5.78 Å². The molecule has 1 aromatic carbocycles. The van der Waals surface area contributed by atoms with Crippen molar-refractivity contribution < 1.29 is 24.7 Å². The lowest BCUT2D eigenvalue weighted by atomic mass is 9.66. The molecule has 0 radical (unpaired) electrons. The number of ketones is 1. The number of thiophene rings is 1. The van der Waals surface area contributed by atoms with Gasteiger partial charge < -0.3 is 15.2 Å². The molecule has 2 rings (SSSR count). The summed E-state index contributed by atoms with van der Waals surface area (Å²) in [5.41, 5.74) is 0.475. The second-order valence-corrected chi connectivity index (χ2v) is 5.98. The fourth-order valence-corrected chi connectivity index (χ4v) is 2.96. The number of benzene rings is 1. The van der Waals surface area contributed by atoms with Crippen molar-refractivity contribution in [1.82, 2.24) is 0 Å². The van der Waals surface area contributed by atoms with E-state index in [0.717, 1.165) is 4.88 Å². The molecule has 1 atom stereocenters. The second-order valence-electron chi connectivity index (χ2n) is 4.95. The molecular weight excluding hydrogens is 303 g/mol. The molecule has 1 aromatic heterocycles. The molecule has 0 saturated carbocycles. The number of Topliss-reactive ketones (excluding diaryl/α,β-unsaturated/α-hetero) is 1. The van der Waals surface area contributed by atoms with E-state index < -0.39 is 18.9 Å². The van der Waals surface area contributed by atoms with Crippen LogP contribution in [0.2, 0.25) is 0 Å². The molecule has 2 aromatic rings. The SMILES string of the molecule is O=C(Cc1cccs1)CC(B(O)O)c1cccc(C(=O)O)c1. The third-order valence-electron chi connectivity index (χ3n) is 3.32. The molecule has 0 amide bonds. The average molecular weight is 318 g/mol. The van der Waals surface area contributed by atoms with E-state index in [1.165, 1.54) is 29.5 Å². The Balaban J connectivity index is 2.14. The van der Waals surface area contributed by atoms with Gasteiger partial charge in [0.05, 0.1) is 5.56 Å². The Kier molecular flexibility index (Phi) is 5.49.